The van der Waals surface area contributed by atoms with Crippen molar-refractivity contribution in [2.24, 2.45) is 5.73 Å². The zero-order valence-electron chi connectivity index (χ0n) is 20.2. The molecule has 1 heterocycles. The van der Waals surface area contributed by atoms with E-state index in [0.29, 0.717) is 11.4 Å². The molecule has 0 aliphatic rings. The monoisotopic (exact) mass is 447 g/mol. The fraction of sp³-hybridized carbons (Fsp3) is 0.357. The van der Waals surface area contributed by atoms with Gasteiger partial charge in [-0.3, -0.25) is 9.69 Å². The number of ether oxygens (including phenoxy) is 1. The quantitative estimate of drug-likeness (QED) is 0.270. The summed E-state index contributed by atoms with van der Waals surface area (Å²) in [4.78, 5) is 17.8. The largest absolute Gasteiger partial charge is 0.439 e. The summed E-state index contributed by atoms with van der Waals surface area (Å²) >= 11 is 0. The van der Waals surface area contributed by atoms with Crippen LogP contribution in [0.25, 0.3) is 0 Å². The van der Waals surface area contributed by atoms with Crippen LogP contribution in [0.5, 0.6) is 11.6 Å². The normalized spacial score (nSPS) is 11.9. The van der Waals surface area contributed by atoms with Crippen LogP contribution in [0, 0.1) is 6.92 Å². The number of carbonyl (C=O) groups excluding carboxylic acids is 1. The molecular weight excluding hydrogens is 410 g/mol. The Morgan fingerprint density at radius 1 is 1.09 bits per heavy atom. The van der Waals surface area contributed by atoms with Crippen molar-refractivity contribution in [2.75, 3.05) is 13.1 Å². The molecule has 0 unspecified atom stereocenters. The molecule has 2 N–H and O–H groups in total. The van der Waals surface area contributed by atoms with Gasteiger partial charge in [0.25, 0.3) is 0 Å². The molecule has 2 aromatic rings. The maximum Gasteiger partial charge on any atom is 0.250 e. The minimum absolute atomic E-state index is 0.364. The second-order valence-electron chi connectivity index (χ2n) is 8.01. The first-order valence-corrected chi connectivity index (χ1v) is 11.7. The van der Waals surface area contributed by atoms with Crippen molar-refractivity contribution in [2.45, 2.75) is 53.0 Å². The molecular formula is C28H37N3O2. The molecule has 0 radical (unpaired) electrons. The average molecular weight is 448 g/mol. The maximum absolute atomic E-state index is 11.2. The van der Waals surface area contributed by atoms with Crippen LogP contribution in [0.1, 0.15) is 61.0 Å². The van der Waals surface area contributed by atoms with E-state index in [2.05, 4.69) is 53.2 Å². The third kappa shape index (κ3) is 9.87. The molecule has 0 saturated carbocycles. The molecule has 0 atom stereocenters. The first-order chi connectivity index (χ1) is 16.0. The lowest BCUT2D eigenvalue weighted by Crippen LogP contribution is -2.24. The molecule has 0 fully saturated rings. The van der Waals surface area contributed by atoms with Crippen LogP contribution in [-0.4, -0.2) is 28.9 Å². The van der Waals surface area contributed by atoms with Gasteiger partial charge >= 0.3 is 0 Å². The fourth-order valence-corrected chi connectivity index (χ4v) is 3.42. The van der Waals surface area contributed by atoms with E-state index in [0.717, 1.165) is 37.4 Å². The fourth-order valence-electron chi connectivity index (χ4n) is 3.42. The van der Waals surface area contributed by atoms with E-state index in [9.17, 15) is 4.79 Å². The SMILES string of the molecule is C\C=C/C=C\C=C\CCCCCN(CC)Cc1ccc(Oc2ccc(C(N)=O)cn2)c(C)c1. The second-order valence-corrected chi connectivity index (χ2v) is 8.01. The Labute approximate surface area is 198 Å². The van der Waals surface area contributed by atoms with Crippen molar-refractivity contribution < 1.29 is 9.53 Å². The lowest BCUT2D eigenvalue weighted by atomic mass is 10.1. The van der Waals surface area contributed by atoms with Crippen molar-refractivity contribution in [1.29, 1.82) is 0 Å². The molecule has 5 heteroatoms. The van der Waals surface area contributed by atoms with Crippen LogP contribution in [0.4, 0.5) is 0 Å². The highest BCUT2D eigenvalue weighted by molar-refractivity contribution is 5.92. The van der Waals surface area contributed by atoms with E-state index in [1.807, 2.05) is 32.1 Å². The van der Waals surface area contributed by atoms with Gasteiger partial charge in [0.05, 0.1) is 5.56 Å². The van der Waals surface area contributed by atoms with E-state index in [-0.39, 0.29) is 0 Å². The highest BCUT2D eigenvalue weighted by Crippen LogP contribution is 2.25. The topological polar surface area (TPSA) is 68.5 Å². The Balaban J connectivity index is 1.78. The molecule has 0 aliphatic heterocycles. The van der Waals surface area contributed by atoms with Gasteiger partial charge in [-0.15, -0.1) is 0 Å². The summed E-state index contributed by atoms with van der Waals surface area (Å²) in [7, 11) is 0. The number of hydrogen-bond acceptors (Lipinski definition) is 4. The Bertz CT molecular complexity index is 946. The summed E-state index contributed by atoms with van der Waals surface area (Å²) in [6, 6.07) is 9.53. The van der Waals surface area contributed by atoms with Gasteiger partial charge < -0.3 is 10.5 Å². The van der Waals surface area contributed by atoms with Crippen molar-refractivity contribution >= 4 is 5.91 Å². The zero-order valence-corrected chi connectivity index (χ0v) is 20.2. The van der Waals surface area contributed by atoms with Crippen LogP contribution >= 0.6 is 0 Å². The highest BCUT2D eigenvalue weighted by atomic mass is 16.5. The van der Waals surface area contributed by atoms with Crippen LogP contribution < -0.4 is 10.5 Å². The standard InChI is InChI=1S/C28H37N3O2/c1-4-6-7-8-9-10-11-12-13-14-19-31(5-2)22-24-15-17-26(23(3)20-24)33-27-18-16-25(21-30-27)28(29)32/h4,6-10,15-18,20-21H,5,11-14,19,22H2,1-3H3,(H2,29,32)/b6-4-,8-7-,10-9+. The van der Waals surface area contributed by atoms with E-state index < -0.39 is 5.91 Å². The molecule has 0 spiro atoms. The van der Waals surface area contributed by atoms with Crippen molar-refractivity contribution in [3.8, 4) is 11.6 Å². The summed E-state index contributed by atoms with van der Waals surface area (Å²) in [5, 5.41) is 0. The van der Waals surface area contributed by atoms with E-state index in [1.165, 1.54) is 31.0 Å². The molecule has 1 aromatic carbocycles. The minimum Gasteiger partial charge on any atom is -0.439 e. The lowest BCUT2D eigenvalue weighted by Gasteiger charge is -2.21. The first-order valence-electron chi connectivity index (χ1n) is 11.7. The summed E-state index contributed by atoms with van der Waals surface area (Å²) in [5.41, 5.74) is 7.95. The van der Waals surface area contributed by atoms with Gasteiger partial charge in [0.1, 0.15) is 5.75 Å². The van der Waals surface area contributed by atoms with Gasteiger partial charge in [-0.25, -0.2) is 4.98 Å². The molecule has 2 rings (SSSR count). The summed E-state index contributed by atoms with van der Waals surface area (Å²) in [6.07, 6.45) is 18.8. The number of hydrogen-bond donors (Lipinski definition) is 1. The number of aryl methyl sites for hydroxylation is 1. The summed E-state index contributed by atoms with van der Waals surface area (Å²) in [5.74, 6) is 0.699. The number of pyridine rings is 1. The number of nitrogens with zero attached hydrogens (tertiary/aromatic N) is 2. The molecule has 1 aromatic heterocycles. The van der Waals surface area contributed by atoms with E-state index in [4.69, 9.17) is 10.5 Å². The highest BCUT2D eigenvalue weighted by Gasteiger charge is 2.08. The average Bonchev–Trinajstić information content (AvgIpc) is 2.81. The van der Waals surface area contributed by atoms with E-state index >= 15 is 0 Å². The van der Waals surface area contributed by atoms with Gasteiger partial charge in [-0.1, -0.05) is 61.9 Å². The number of rotatable bonds is 14. The Morgan fingerprint density at radius 2 is 1.91 bits per heavy atom. The van der Waals surface area contributed by atoms with Crippen molar-refractivity contribution in [3.63, 3.8) is 0 Å². The smallest absolute Gasteiger partial charge is 0.250 e. The summed E-state index contributed by atoms with van der Waals surface area (Å²) in [6.45, 7) is 9.34. The molecule has 0 aliphatic carbocycles. The third-order valence-corrected chi connectivity index (χ3v) is 5.34. The molecule has 5 nitrogen and oxygen atoms in total. The summed E-state index contributed by atoms with van der Waals surface area (Å²) < 4.78 is 5.88. The number of allylic oxidation sites excluding steroid dienone is 6. The molecule has 33 heavy (non-hydrogen) atoms. The number of aromatic nitrogens is 1. The predicted molar refractivity (Wildman–Crippen MR) is 137 cm³/mol. The maximum atomic E-state index is 11.2. The lowest BCUT2D eigenvalue weighted by molar-refractivity contribution is 0.1000. The Hall–Kier alpha value is -3.18. The van der Waals surface area contributed by atoms with Crippen molar-refractivity contribution in [1.82, 2.24) is 9.88 Å². The molecule has 0 bridgehead atoms. The predicted octanol–water partition coefficient (Wildman–Crippen LogP) is 6.35. The van der Waals surface area contributed by atoms with Crippen LogP contribution in [0.15, 0.2) is 73.0 Å². The van der Waals surface area contributed by atoms with Crippen LogP contribution in [0.2, 0.25) is 0 Å². The van der Waals surface area contributed by atoms with E-state index in [1.54, 1.807) is 12.1 Å². The molecule has 0 saturated heterocycles. The van der Waals surface area contributed by atoms with Crippen LogP contribution in [-0.2, 0) is 6.54 Å². The Kier molecular flexibility index (Phi) is 11.7. The number of unbranched alkanes of at least 4 members (excludes halogenated alkanes) is 3. The van der Waals surface area contributed by atoms with Gasteiger partial charge in [-0.2, -0.15) is 0 Å². The number of benzene rings is 1. The molecule has 1 amide bonds. The second kappa shape index (κ2) is 14.8. The van der Waals surface area contributed by atoms with Gasteiger partial charge in [0.2, 0.25) is 11.8 Å². The van der Waals surface area contributed by atoms with Crippen molar-refractivity contribution in [3.05, 3.63) is 89.7 Å². The van der Waals surface area contributed by atoms with Gasteiger partial charge in [-0.05, 0) is 69.5 Å². The zero-order chi connectivity index (χ0) is 23.9. The van der Waals surface area contributed by atoms with Gasteiger partial charge in [0, 0.05) is 18.8 Å². The van der Waals surface area contributed by atoms with Crippen LogP contribution in [0.3, 0.4) is 0 Å². The molecule has 176 valence electrons. The number of nitrogens with two attached hydrogens (primary N) is 1. The van der Waals surface area contributed by atoms with Gasteiger partial charge in [0.15, 0.2) is 0 Å². The third-order valence-electron chi connectivity index (χ3n) is 5.34. The Morgan fingerprint density at radius 3 is 2.58 bits per heavy atom. The number of amides is 1. The number of primary amides is 1. The minimum atomic E-state index is -0.500. The number of carbonyl (C=O) groups is 1. The first kappa shape index (κ1) is 26.1.